The lowest BCUT2D eigenvalue weighted by molar-refractivity contribution is 0.626. The number of likely N-dealkylation sites (N-methyl/N-ethyl adjacent to an activating group) is 1. The molecule has 0 N–H and O–H groups in total. The van der Waals surface area contributed by atoms with Gasteiger partial charge in [0.25, 0.3) is 0 Å². The SMILES string of the molecule is CCN1C2=CCCCC2c2cc(-c3ccccc3)ccc21. The third-order valence-corrected chi connectivity index (χ3v) is 4.84. The lowest BCUT2D eigenvalue weighted by atomic mass is 9.87. The van der Waals surface area contributed by atoms with Crippen LogP contribution in [-0.2, 0) is 0 Å². The first-order valence-electron chi connectivity index (χ1n) is 8.05. The van der Waals surface area contributed by atoms with Crippen LogP contribution in [0, 0.1) is 0 Å². The van der Waals surface area contributed by atoms with E-state index in [4.69, 9.17) is 0 Å². The summed E-state index contributed by atoms with van der Waals surface area (Å²) in [6, 6.07) is 17.7. The van der Waals surface area contributed by atoms with Gasteiger partial charge in [-0.3, -0.25) is 0 Å². The second-order valence-electron chi connectivity index (χ2n) is 6.00. The predicted molar refractivity (Wildman–Crippen MR) is 89.6 cm³/mol. The summed E-state index contributed by atoms with van der Waals surface area (Å²) in [6.07, 6.45) is 6.32. The van der Waals surface area contributed by atoms with Crippen molar-refractivity contribution in [1.29, 1.82) is 0 Å². The Hall–Kier alpha value is -2.02. The van der Waals surface area contributed by atoms with E-state index >= 15 is 0 Å². The van der Waals surface area contributed by atoms with Crippen LogP contribution in [0.3, 0.4) is 0 Å². The van der Waals surface area contributed by atoms with Gasteiger partial charge >= 0.3 is 0 Å². The summed E-state index contributed by atoms with van der Waals surface area (Å²) in [5, 5.41) is 0. The zero-order chi connectivity index (χ0) is 14.2. The summed E-state index contributed by atoms with van der Waals surface area (Å²) in [7, 11) is 0. The van der Waals surface area contributed by atoms with Gasteiger partial charge in [0.15, 0.2) is 0 Å². The fourth-order valence-corrected chi connectivity index (χ4v) is 3.86. The Balaban J connectivity index is 1.83. The van der Waals surface area contributed by atoms with Crippen molar-refractivity contribution < 1.29 is 0 Å². The first-order valence-corrected chi connectivity index (χ1v) is 8.05. The van der Waals surface area contributed by atoms with E-state index in [0.717, 1.165) is 6.54 Å². The van der Waals surface area contributed by atoms with E-state index in [9.17, 15) is 0 Å². The fourth-order valence-electron chi connectivity index (χ4n) is 3.86. The number of rotatable bonds is 2. The van der Waals surface area contributed by atoms with Gasteiger partial charge in [-0.15, -0.1) is 0 Å². The Labute approximate surface area is 126 Å². The molecule has 0 radical (unpaired) electrons. The first kappa shape index (κ1) is 12.7. The molecule has 1 heterocycles. The molecule has 1 aliphatic carbocycles. The molecule has 2 aliphatic rings. The van der Waals surface area contributed by atoms with Crippen molar-refractivity contribution in [3.05, 3.63) is 65.9 Å². The zero-order valence-electron chi connectivity index (χ0n) is 12.5. The van der Waals surface area contributed by atoms with Gasteiger partial charge in [0.05, 0.1) is 0 Å². The highest BCUT2D eigenvalue weighted by atomic mass is 15.2. The van der Waals surface area contributed by atoms with Crippen LogP contribution in [0.4, 0.5) is 5.69 Å². The minimum absolute atomic E-state index is 0.623. The van der Waals surface area contributed by atoms with Crippen molar-refractivity contribution in [2.24, 2.45) is 0 Å². The van der Waals surface area contributed by atoms with Crippen LogP contribution in [-0.4, -0.2) is 6.54 Å². The molecule has 0 saturated carbocycles. The zero-order valence-corrected chi connectivity index (χ0v) is 12.5. The number of hydrogen-bond acceptors (Lipinski definition) is 1. The summed E-state index contributed by atoms with van der Waals surface area (Å²) in [5.74, 6) is 0.623. The molecule has 1 atom stereocenters. The number of nitrogens with zero attached hydrogens (tertiary/aromatic N) is 1. The maximum Gasteiger partial charge on any atom is 0.0448 e. The quantitative estimate of drug-likeness (QED) is 0.714. The minimum Gasteiger partial charge on any atom is -0.345 e. The standard InChI is InChI=1S/C20H21N/c1-2-21-19-11-7-6-10-17(19)18-14-16(12-13-20(18)21)15-8-4-3-5-9-15/h3-5,8-9,11-14,17H,2,6-7,10H2,1H3. The predicted octanol–water partition coefficient (Wildman–Crippen LogP) is 5.34. The molecular weight excluding hydrogens is 254 g/mol. The Morgan fingerprint density at radius 3 is 2.71 bits per heavy atom. The first-order chi connectivity index (χ1) is 10.4. The highest BCUT2D eigenvalue weighted by Gasteiger charge is 2.33. The highest BCUT2D eigenvalue weighted by Crippen LogP contribution is 2.49. The van der Waals surface area contributed by atoms with Crippen LogP contribution in [0.25, 0.3) is 11.1 Å². The summed E-state index contributed by atoms with van der Waals surface area (Å²) in [6.45, 7) is 3.33. The molecule has 0 amide bonds. The molecule has 106 valence electrons. The third-order valence-electron chi connectivity index (χ3n) is 4.84. The van der Waals surface area contributed by atoms with Crippen molar-refractivity contribution in [3.8, 4) is 11.1 Å². The summed E-state index contributed by atoms with van der Waals surface area (Å²) < 4.78 is 0. The molecule has 0 bridgehead atoms. The molecule has 0 fully saturated rings. The number of hydrogen-bond donors (Lipinski definition) is 0. The maximum absolute atomic E-state index is 2.51. The number of fused-ring (bicyclic) bond motifs is 3. The van der Waals surface area contributed by atoms with Crippen LogP contribution in [0.15, 0.2) is 60.3 Å². The van der Waals surface area contributed by atoms with Crippen molar-refractivity contribution in [2.45, 2.75) is 32.1 Å². The molecule has 0 spiro atoms. The normalized spacial score (nSPS) is 20.0. The van der Waals surface area contributed by atoms with E-state index in [1.54, 1.807) is 5.70 Å². The van der Waals surface area contributed by atoms with Crippen LogP contribution >= 0.6 is 0 Å². The second-order valence-corrected chi connectivity index (χ2v) is 6.00. The van der Waals surface area contributed by atoms with Gasteiger partial charge < -0.3 is 4.90 Å². The Kier molecular flexibility index (Phi) is 3.07. The van der Waals surface area contributed by atoms with E-state index < -0.39 is 0 Å². The van der Waals surface area contributed by atoms with Crippen LogP contribution in [0.2, 0.25) is 0 Å². The van der Waals surface area contributed by atoms with Crippen LogP contribution in [0.1, 0.15) is 37.7 Å². The number of benzene rings is 2. The molecular formula is C20H21N. The van der Waals surface area contributed by atoms with E-state index in [1.165, 1.54) is 41.6 Å². The second kappa shape index (κ2) is 5.07. The van der Waals surface area contributed by atoms with E-state index in [1.807, 2.05) is 0 Å². The Morgan fingerprint density at radius 1 is 1.05 bits per heavy atom. The van der Waals surface area contributed by atoms with Gasteiger partial charge in [-0.1, -0.05) is 42.5 Å². The van der Waals surface area contributed by atoms with E-state index in [2.05, 4.69) is 66.4 Å². The molecule has 2 aromatic carbocycles. The van der Waals surface area contributed by atoms with Crippen LogP contribution < -0.4 is 4.90 Å². The largest absolute Gasteiger partial charge is 0.345 e. The summed E-state index contributed by atoms with van der Waals surface area (Å²) in [5.41, 5.74) is 7.16. The third kappa shape index (κ3) is 1.99. The molecule has 1 aliphatic heterocycles. The summed E-state index contributed by atoms with van der Waals surface area (Å²) >= 11 is 0. The fraction of sp³-hybridized carbons (Fsp3) is 0.300. The van der Waals surface area contributed by atoms with Gasteiger partial charge in [-0.2, -0.15) is 0 Å². The average molecular weight is 275 g/mol. The Bertz CT molecular complexity index is 684. The summed E-state index contributed by atoms with van der Waals surface area (Å²) in [4.78, 5) is 2.51. The minimum atomic E-state index is 0.623. The average Bonchev–Trinajstić information content (AvgIpc) is 2.88. The van der Waals surface area contributed by atoms with Gasteiger partial charge in [0.2, 0.25) is 0 Å². The molecule has 0 saturated heterocycles. The van der Waals surface area contributed by atoms with E-state index in [-0.39, 0.29) is 0 Å². The topological polar surface area (TPSA) is 3.24 Å². The van der Waals surface area contributed by atoms with Crippen molar-refractivity contribution in [1.82, 2.24) is 0 Å². The maximum atomic E-state index is 2.51. The number of anilines is 1. The molecule has 4 rings (SSSR count). The smallest absolute Gasteiger partial charge is 0.0448 e. The van der Waals surface area contributed by atoms with Crippen molar-refractivity contribution in [2.75, 3.05) is 11.4 Å². The molecule has 0 aromatic heterocycles. The Morgan fingerprint density at radius 2 is 1.90 bits per heavy atom. The van der Waals surface area contributed by atoms with Crippen molar-refractivity contribution >= 4 is 5.69 Å². The van der Waals surface area contributed by atoms with Crippen molar-refractivity contribution in [3.63, 3.8) is 0 Å². The lowest BCUT2D eigenvalue weighted by Gasteiger charge is -2.24. The van der Waals surface area contributed by atoms with Gasteiger partial charge in [-0.25, -0.2) is 0 Å². The van der Waals surface area contributed by atoms with Gasteiger partial charge in [0, 0.05) is 23.8 Å². The lowest BCUT2D eigenvalue weighted by Crippen LogP contribution is -2.20. The van der Waals surface area contributed by atoms with Gasteiger partial charge in [0.1, 0.15) is 0 Å². The molecule has 1 heteroatoms. The molecule has 1 unspecified atom stereocenters. The van der Waals surface area contributed by atoms with Crippen LogP contribution in [0.5, 0.6) is 0 Å². The van der Waals surface area contributed by atoms with E-state index in [0.29, 0.717) is 5.92 Å². The monoisotopic (exact) mass is 275 g/mol. The molecule has 2 aromatic rings. The highest BCUT2D eigenvalue weighted by molar-refractivity contribution is 5.75. The molecule has 1 nitrogen and oxygen atoms in total. The number of allylic oxidation sites excluding steroid dienone is 2. The van der Waals surface area contributed by atoms with Gasteiger partial charge in [-0.05, 0) is 55.0 Å². The molecule has 21 heavy (non-hydrogen) atoms.